The average Bonchev–Trinajstić information content (AvgIpc) is 2.14. The molecule has 0 radical (unpaired) electrons. The summed E-state index contributed by atoms with van der Waals surface area (Å²) in [6.45, 7) is 6.47. The Morgan fingerprint density at radius 3 is 2.50 bits per heavy atom. The van der Waals surface area contributed by atoms with E-state index in [2.05, 4.69) is 30.7 Å². The van der Waals surface area contributed by atoms with Crippen molar-refractivity contribution in [2.24, 2.45) is 0 Å². The second kappa shape index (κ2) is 4.22. The van der Waals surface area contributed by atoms with Crippen LogP contribution in [0.5, 0.6) is 0 Å². The molecule has 0 aliphatic heterocycles. The van der Waals surface area contributed by atoms with E-state index in [0.717, 1.165) is 15.9 Å². The van der Waals surface area contributed by atoms with Crippen molar-refractivity contribution in [3.05, 3.63) is 29.5 Å². The number of benzene rings is 1. The standard InChI is InChI=1S/C12H13ClN2S/c1-12(2,3)16-10-8-6-4-5-7-9(8)14-11(13)15-10/h4-7H,1-3H3. The third kappa shape index (κ3) is 2.66. The van der Waals surface area contributed by atoms with Gasteiger partial charge in [0.25, 0.3) is 0 Å². The van der Waals surface area contributed by atoms with Gasteiger partial charge in [0.1, 0.15) is 5.03 Å². The highest BCUT2D eigenvalue weighted by Gasteiger charge is 2.16. The molecule has 0 N–H and O–H groups in total. The summed E-state index contributed by atoms with van der Waals surface area (Å²) < 4.78 is 0.112. The van der Waals surface area contributed by atoms with Crippen LogP contribution in [-0.4, -0.2) is 14.7 Å². The first kappa shape index (κ1) is 11.7. The molecular formula is C12H13ClN2S. The van der Waals surface area contributed by atoms with Gasteiger partial charge in [0.05, 0.1) is 5.52 Å². The molecule has 1 aromatic heterocycles. The Balaban J connectivity index is 2.59. The SMILES string of the molecule is CC(C)(C)Sc1nc(Cl)nc2ccccc12. The highest BCUT2D eigenvalue weighted by molar-refractivity contribution is 8.00. The lowest BCUT2D eigenvalue weighted by Gasteiger charge is -2.17. The number of hydrogen-bond donors (Lipinski definition) is 0. The monoisotopic (exact) mass is 252 g/mol. The average molecular weight is 253 g/mol. The molecule has 1 aromatic carbocycles. The van der Waals surface area contributed by atoms with Crippen LogP contribution >= 0.6 is 23.4 Å². The summed E-state index contributed by atoms with van der Waals surface area (Å²) >= 11 is 7.63. The van der Waals surface area contributed by atoms with Crippen molar-refractivity contribution in [3.8, 4) is 0 Å². The maximum Gasteiger partial charge on any atom is 0.224 e. The maximum absolute atomic E-state index is 5.92. The predicted octanol–water partition coefficient (Wildman–Crippen LogP) is 4.17. The molecule has 0 saturated heterocycles. The fourth-order valence-corrected chi connectivity index (χ4v) is 2.61. The lowest BCUT2D eigenvalue weighted by atomic mass is 10.2. The van der Waals surface area contributed by atoms with Crippen molar-refractivity contribution < 1.29 is 0 Å². The summed E-state index contributed by atoms with van der Waals surface area (Å²) in [7, 11) is 0. The van der Waals surface area contributed by atoms with Gasteiger partial charge in [-0.1, -0.05) is 50.7 Å². The molecule has 16 heavy (non-hydrogen) atoms. The molecule has 0 bridgehead atoms. The molecule has 0 spiro atoms. The second-order valence-corrected chi connectivity index (χ2v) is 6.68. The molecule has 2 nitrogen and oxygen atoms in total. The van der Waals surface area contributed by atoms with Crippen molar-refractivity contribution in [2.45, 2.75) is 30.5 Å². The van der Waals surface area contributed by atoms with Crippen molar-refractivity contribution >= 4 is 34.3 Å². The molecule has 0 unspecified atom stereocenters. The zero-order chi connectivity index (χ0) is 11.8. The fourth-order valence-electron chi connectivity index (χ4n) is 1.39. The molecule has 0 atom stereocenters. The summed E-state index contributed by atoms with van der Waals surface area (Å²) in [5.41, 5.74) is 0.897. The first-order valence-electron chi connectivity index (χ1n) is 5.07. The minimum atomic E-state index is 0.112. The number of para-hydroxylation sites is 1. The summed E-state index contributed by atoms with van der Waals surface area (Å²) in [6, 6.07) is 7.93. The number of hydrogen-bond acceptors (Lipinski definition) is 3. The lowest BCUT2D eigenvalue weighted by Crippen LogP contribution is -2.07. The molecule has 2 rings (SSSR count). The first-order valence-corrected chi connectivity index (χ1v) is 6.26. The molecule has 84 valence electrons. The van der Waals surface area contributed by atoms with Crippen LogP contribution in [0.4, 0.5) is 0 Å². The van der Waals surface area contributed by atoms with E-state index in [1.54, 1.807) is 11.8 Å². The van der Waals surface area contributed by atoms with E-state index < -0.39 is 0 Å². The predicted molar refractivity (Wildman–Crippen MR) is 70.2 cm³/mol. The van der Waals surface area contributed by atoms with Crippen LogP contribution in [0.2, 0.25) is 5.28 Å². The van der Waals surface area contributed by atoms with Gasteiger partial charge in [-0.3, -0.25) is 0 Å². The fraction of sp³-hybridized carbons (Fsp3) is 0.333. The number of thioether (sulfide) groups is 1. The molecule has 0 fully saturated rings. The molecule has 0 aliphatic rings. The topological polar surface area (TPSA) is 25.8 Å². The second-order valence-electron chi connectivity index (χ2n) is 4.53. The van der Waals surface area contributed by atoms with E-state index >= 15 is 0 Å². The van der Waals surface area contributed by atoms with Crippen molar-refractivity contribution in [1.29, 1.82) is 0 Å². The van der Waals surface area contributed by atoms with Gasteiger partial charge in [0.2, 0.25) is 5.28 Å². The summed E-state index contributed by atoms with van der Waals surface area (Å²) in [5.74, 6) is 0. The third-order valence-electron chi connectivity index (χ3n) is 1.94. The summed E-state index contributed by atoms with van der Waals surface area (Å²) in [6.07, 6.45) is 0. The number of fused-ring (bicyclic) bond motifs is 1. The smallest absolute Gasteiger partial charge is 0.218 e. The Bertz CT molecular complexity index is 520. The van der Waals surface area contributed by atoms with E-state index in [-0.39, 0.29) is 4.75 Å². The molecule has 0 aliphatic carbocycles. The molecule has 0 saturated carbocycles. The van der Waals surface area contributed by atoms with Gasteiger partial charge in [-0.25, -0.2) is 9.97 Å². The van der Waals surface area contributed by atoms with Crippen LogP contribution in [0.25, 0.3) is 10.9 Å². The van der Waals surface area contributed by atoms with Gasteiger partial charge in [-0.05, 0) is 17.7 Å². The summed E-state index contributed by atoms with van der Waals surface area (Å²) in [5, 5.41) is 2.32. The highest BCUT2D eigenvalue weighted by atomic mass is 35.5. The lowest BCUT2D eigenvalue weighted by molar-refractivity contribution is 0.800. The zero-order valence-corrected chi connectivity index (χ0v) is 11.1. The number of nitrogens with zero attached hydrogens (tertiary/aromatic N) is 2. The van der Waals surface area contributed by atoms with Gasteiger partial charge < -0.3 is 0 Å². The first-order chi connectivity index (χ1) is 7.46. The zero-order valence-electron chi connectivity index (χ0n) is 9.49. The normalized spacial score (nSPS) is 12.0. The van der Waals surface area contributed by atoms with E-state index in [1.807, 2.05) is 24.3 Å². The van der Waals surface area contributed by atoms with E-state index in [4.69, 9.17) is 11.6 Å². The quantitative estimate of drug-likeness (QED) is 0.433. The molecule has 2 aromatic rings. The molecule has 4 heteroatoms. The van der Waals surface area contributed by atoms with Crippen LogP contribution in [0.1, 0.15) is 20.8 Å². The van der Waals surface area contributed by atoms with Crippen molar-refractivity contribution in [3.63, 3.8) is 0 Å². The van der Waals surface area contributed by atoms with E-state index in [9.17, 15) is 0 Å². The molecule has 0 amide bonds. The van der Waals surface area contributed by atoms with Crippen LogP contribution in [0.3, 0.4) is 0 Å². The van der Waals surface area contributed by atoms with Gasteiger partial charge >= 0.3 is 0 Å². The third-order valence-corrected chi connectivity index (χ3v) is 3.23. The van der Waals surface area contributed by atoms with Crippen LogP contribution < -0.4 is 0 Å². The Morgan fingerprint density at radius 1 is 1.12 bits per heavy atom. The Hall–Kier alpha value is -0.800. The van der Waals surface area contributed by atoms with Crippen molar-refractivity contribution in [2.75, 3.05) is 0 Å². The largest absolute Gasteiger partial charge is 0.224 e. The number of halogens is 1. The Labute approximate surface area is 104 Å². The summed E-state index contributed by atoms with van der Waals surface area (Å²) in [4.78, 5) is 8.51. The van der Waals surface area contributed by atoms with Crippen LogP contribution in [0.15, 0.2) is 29.3 Å². The Kier molecular flexibility index (Phi) is 3.08. The van der Waals surface area contributed by atoms with Gasteiger partial charge in [0.15, 0.2) is 0 Å². The minimum absolute atomic E-state index is 0.112. The van der Waals surface area contributed by atoms with E-state index in [1.165, 1.54) is 0 Å². The molecule has 1 heterocycles. The minimum Gasteiger partial charge on any atom is -0.218 e. The van der Waals surface area contributed by atoms with Gasteiger partial charge in [0, 0.05) is 10.1 Å². The van der Waals surface area contributed by atoms with Crippen LogP contribution in [0, 0.1) is 0 Å². The van der Waals surface area contributed by atoms with Gasteiger partial charge in [-0.15, -0.1) is 0 Å². The van der Waals surface area contributed by atoms with Crippen molar-refractivity contribution in [1.82, 2.24) is 9.97 Å². The van der Waals surface area contributed by atoms with Crippen LogP contribution in [-0.2, 0) is 0 Å². The Morgan fingerprint density at radius 2 is 1.81 bits per heavy atom. The number of rotatable bonds is 1. The maximum atomic E-state index is 5.92. The van der Waals surface area contributed by atoms with E-state index in [0.29, 0.717) is 5.28 Å². The molecular weight excluding hydrogens is 240 g/mol. The highest BCUT2D eigenvalue weighted by Crippen LogP contribution is 2.35. The number of aromatic nitrogens is 2. The van der Waals surface area contributed by atoms with Gasteiger partial charge in [-0.2, -0.15) is 0 Å².